The van der Waals surface area contributed by atoms with E-state index in [1.807, 2.05) is 18.2 Å². The van der Waals surface area contributed by atoms with Gasteiger partial charge in [0.15, 0.2) is 5.78 Å². The quantitative estimate of drug-likeness (QED) is 0.825. The monoisotopic (exact) mass is 331 g/mol. The van der Waals surface area contributed by atoms with Gasteiger partial charge in [-0.25, -0.2) is 0 Å². The number of methoxy groups -OCH3 is 1. The molecule has 2 aromatic rings. The van der Waals surface area contributed by atoms with Gasteiger partial charge in [0.1, 0.15) is 5.75 Å². The number of ether oxygens (including phenoxy) is 1. The number of carbonyl (C=O) groups excluding carboxylic acids is 2. The predicted molar refractivity (Wildman–Crippen MR) is 90.0 cm³/mol. The Labute approximate surface area is 140 Å². The molecule has 0 fully saturated rings. The predicted octanol–water partition coefficient (Wildman–Crippen LogP) is 3.41. The number of rotatable bonds is 6. The molecule has 0 aliphatic heterocycles. The van der Waals surface area contributed by atoms with Crippen LogP contribution in [0.3, 0.4) is 0 Å². The molecule has 0 aromatic heterocycles. The molecule has 0 aliphatic carbocycles. The third kappa shape index (κ3) is 4.57. The Morgan fingerprint density at radius 2 is 1.87 bits per heavy atom. The molecule has 0 radical (unpaired) electrons. The van der Waals surface area contributed by atoms with Crippen LogP contribution in [0.15, 0.2) is 42.5 Å². The number of hydrogen-bond acceptors (Lipinski definition) is 3. The van der Waals surface area contributed by atoms with Gasteiger partial charge in [-0.15, -0.1) is 0 Å². The Hall–Kier alpha value is -2.33. The summed E-state index contributed by atoms with van der Waals surface area (Å²) < 4.78 is 5.25. The van der Waals surface area contributed by atoms with Crippen LogP contribution in [-0.4, -0.2) is 18.8 Å². The summed E-state index contributed by atoms with van der Waals surface area (Å²) in [5.74, 6) is 0.372. The number of halogens is 1. The zero-order valence-corrected chi connectivity index (χ0v) is 13.8. The van der Waals surface area contributed by atoms with Gasteiger partial charge in [0.05, 0.1) is 13.5 Å². The van der Waals surface area contributed by atoms with Crippen molar-refractivity contribution < 1.29 is 14.3 Å². The van der Waals surface area contributed by atoms with E-state index in [4.69, 9.17) is 16.3 Å². The van der Waals surface area contributed by atoms with Crippen LogP contribution >= 0.6 is 11.6 Å². The van der Waals surface area contributed by atoms with Gasteiger partial charge in [0, 0.05) is 22.7 Å². The fourth-order valence-corrected chi connectivity index (χ4v) is 2.41. The molecule has 1 N–H and O–H groups in total. The van der Waals surface area contributed by atoms with E-state index in [9.17, 15) is 9.59 Å². The molecule has 0 unspecified atom stereocenters. The molecule has 0 saturated heterocycles. The minimum absolute atomic E-state index is 0.0506. The summed E-state index contributed by atoms with van der Waals surface area (Å²) in [5, 5.41) is 3.44. The Kier molecular flexibility index (Phi) is 5.77. The van der Waals surface area contributed by atoms with Crippen molar-refractivity contribution in [2.75, 3.05) is 7.11 Å². The number of carbonyl (C=O) groups is 2. The molecule has 23 heavy (non-hydrogen) atoms. The lowest BCUT2D eigenvalue weighted by Crippen LogP contribution is -2.25. The molecule has 0 spiro atoms. The van der Waals surface area contributed by atoms with Gasteiger partial charge < -0.3 is 10.1 Å². The van der Waals surface area contributed by atoms with E-state index in [2.05, 4.69) is 5.32 Å². The van der Waals surface area contributed by atoms with Gasteiger partial charge in [-0.3, -0.25) is 9.59 Å². The van der Waals surface area contributed by atoms with Gasteiger partial charge in [0.25, 0.3) is 0 Å². The third-order valence-corrected chi connectivity index (χ3v) is 3.84. The van der Waals surface area contributed by atoms with Crippen LogP contribution < -0.4 is 10.1 Å². The van der Waals surface area contributed by atoms with Gasteiger partial charge in [-0.05, 0) is 36.8 Å². The van der Waals surface area contributed by atoms with E-state index in [0.29, 0.717) is 28.4 Å². The van der Waals surface area contributed by atoms with Crippen LogP contribution in [0.25, 0.3) is 0 Å². The Balaban J connectivity index is 2.06. The molecular formula is C18H18ClNO3. The highest BCUT2D eigenvalue weighted by atomic mass is 35.5. The summed E-state index contributed by atoms with van der Waals surface area (Å²) in [6.07, 6.45) is 0.134. The molecule has 0 aliphatic rings. The van der Waals surface area contributed by atoms with E-state index in [0.717, 1.165) is 5.56 Å². The van der Waals surface area contributed by atoms with Gasteiger partial charge in [-0.1, -0.05) is 29.8 Å². The molecule has 1 amide bonds. The van der Waals surface area contributed by atoms with Gasteiger partial charge in [0.2, 0.25) is 5.91 Å². The van der Waals surface area contributed by atoms with E-state index >= 15 is 0 Å². The minimum atomic E-state index is -0.163. The summed E-state index contributed by atoms with van der Waals surface area (Å²) in [6.45, 7) is 1.84. The summed E-state index contributed by atoms with van der Waals surface area (Å²) in [5.41, 5.74) is 2.09. The first-order valence-corrected chi connectivity index (χ1v) is 7.57. The molecular weight excluding hydrogens is 314 g/mol. The van der Waals surface area contributed by atoms with Crippen molar-refractivity contribution in [2.24, 2.45) is 0 Å². The summed E-state index contributed by atoms with van der Waals surface area (Å²) in [6, 6.07) is 12.4. The SMILES string of the molecule is COc1ccc(C(C)=O)cc1CC(=O)NCc1ccccc1Cl. The van der Waals surface area contributed by atoms with Crippen molar-refractivity contribution in [2.45, 2.75) is 19.9 Å². The lowest BCUT2D eigenvalue weighted by atomic mass is 10.0. The Bertz CT molecular complexity index is 728. The third-order valence-electron chi connectivity index (χ3n) is 3.47. The van der Waals surface area contributed by atoms with Crippen molar-refractivity contribution in [3.63, 3.8) is 0 Å². The second-order valence-electron chi connectivity index (χ2n) is 5.13. The van der Waals surface area contributed by atoms with Crippen LogP contribution in [0.1, 0.15) is 28.4 Å². The lowest BCUT2D eigenvalue weighted by molar-refractivity contribution is -0.120. The number of hydrogen-bond donors (Lipinski definition) is 1. The van der Waals surface area contributed by atoms with Crippen molar-refractivity contribution in [1.82, 2.24) is 5.32 Å². The topological polar surface area (TPSA) is 55.4 Å². The second kappa shape index (κ2) is 7.79. The highest BCUT2D eigenvalue weighted by Crippen LogP contribution is 2.21. The maximum atomic E-state index is 12.2. The van der Waals surface area contributed by atoms with Crippen LogP contribution in [-0.2, 0) is 17.8 Å². The Morgan fingerprint density at radius 1 is 1.13 bits per heavy atom. The van der Waals surface area contributed by atoms with Crippen molar-refractivity contribution in [3.05, 3.63) is 64.2 Å². The summed E-state index contributed by atoms with van der Waals surface area (Å²) in [4.78, 5) is 23.6. The molecule has 2 aromatic carbocycles. The highest BCUT2D eigenvalue weighted by molar-refractivity contribution is 6.31. The number of Topliss-reactive ketones (excluding diaryl/α,β-unsaturated/α-hetero) is 1. The number of nitrogens with one attached hydrogen (secondary N) is 1. The smallest absolute Gasteiger partial charge is 0.224 e. The average molecular weight is 332 g/mol. The van der Waals surface area contributed by atoms with E-state index in [-0.39, 0.29) is 18.1 Å². The first-order chi connectivity index (χ1) is 11.0. The van der Waals surface area contributed by atoms with Crippen LogP contribution in [0.4, 0.5) is 0 Å². The summed E-state index contributed by atoms with van der Waals surface area (Å²) >= 11 is 6.06. The normalized spacial score (nSPS) is 10.2. The molecule has 0 heterocycles. The van der Waals surface area contributed by atoms with E-state index < -0.39 is 0 Å². The van der Waals surface area contributed by atoms with Gasteiger partial charge >= 0.3 is 0 Å². The average Bonchev–Trinajstić information content (AvgIpc) is 2.54. The summed E-state index contributed by atoms with van der Waals surface area (Å²) in [7, 11) is 1.54. The fourth-order valence-electron chi connectivity index (χ4n) is 2.21. The Morgan fingerprint density at radius 3 is 2.52 bits per heavy atom. The highest BCUT2D eigenvalue weighted by Gasteiger charge is 2.11. The molecule has 5 heteroatoms. The van der Waals surface area contributed by atoms with E-state index in [1.165, 1.54) is 14.0 Å². The van der Waals surface area contributed by atoms with Crippen LogP contribution in [0.5, 0.6) is 5.75 Å². The van der Waals surface area contributed by atoms with Crippen molar-refractivity contribution >= 4 is 23.3 Å². The largest absolute Gasteiger partial charge is 0.496 e. The van der Waals surface area contributed by atoms with E-state index in [1.54, 1.807) is 24.3 Å². The first kappa shape index (κ1) is 17.0. The number of benzene rings is 2. The second-order valence-corrected chi connectivity index (χ2v) is 5.53. The lowest BCUT2D eigenvalue weighted by Gasteiger charge is -2.11. The maximum absolute atomic E-state index is 12.2. The molecule has 4 nitrogen and oxygen atoms in total. The maximum Gasteiger partial charge on any atom is 0.224 e. The number of ketones is 1. The zero-order valence-electron chi connectivity index (χ0n) is 13.1. The van der Waals surface area contributed by atoms with Crippen LogP contribution in [0, 0.1) is 0 Å². The molecule has 0 saturated carbocycles. The van der Waals surface area contributed by atoms with Crippen LogP contribution in [0.2, 0.25) is 5.02 Å². The zero-order chi connectivity index (χ0) is 16.8. The molecule has 120 valence electrons. The standard InChI is InChI=1S/C18H18ClNO3/c1-12(21)13-7-8-17(23-2)15(9-13)10-18(22)20-11-14-5-3-4-6-16(14)19/h3-9H,10-11H2,1-2H3,(H,20,22). The van der Waals surface area contributed by atoms with Crippen molar-refractivity contribution in [1.29, 1.82) is 0 Å². The number of amides is 1. The first-order valence-electron chi connectivity index (χ1n) is 7.19. The molecule has 2 rings (SSSR count). The minimum Gasteiger partial charge on any atom is -0.496 e. The van der Waals surface area contributed by atoms with Gasteiger partial charge in [-0.2, -0.15) is 0 Å². The molecule has 0 bridgehead atoms. The fraction of sp³-hybridized carbons (Fsp3) is 0.222. The molecule has 0 atom stereocenters. The van der Waals surface area contributed by atoms with Crippen molar-refractivity contribution in [3.8, 4) is 5.75 Å².